The van der Waals surface area contributed by atoms with Crippen LogP contribution in [0.15, 0.2) is 104 Å². The lowest BCUT2D eigenvalue weighted by molar-refractivity contribution is -0.131. The molecule has 0 saturated carbocycles. The molecule has 4 rings (SSSR count). The van der Waals surface area contributed by atoms with Crippen molar-refractivity contribution < 1.29 is 33.4 Å². The second-order valence-corrected chi connectivity index (χ2v) is 13.2. The summed E-state index contributed by atoms with van der Waals surface area (Å²) in [7, 11) is 0. The number of anilines is 1. The molecule has 0 spiro atoms. The number of nitrogens with zero attached hydrogens (tertiary/aromatic N) is 2. The van der Waals surface area contributed by atoms with E-state index in [4.69, 9.17) is 14.2 Å². The predicted molar refractivity (Wildman–Crippen MR) is 192 cm³/mol. The summed E-state index contributed by atoms with van der Waals surface area (Å²) < 4.78 is 18.4. The van der Waals surface area contributed by atoms with Gasteiger partial charge in [0.2, 0.25) is 11.8 Å². The maximum atomic E-state index is 13.6. The lowest BCUT2D eigenvalue weighted by Gasteiger charge is -2.29. The van der Waals surface area contributed by atoms with Crippen LogP contribution in [0.5, 0.6) is 5.75 Å². The first-order chi connectivity index (χ1) is 24.3. The number of ether oxygens (including phenoxy) is 3. The van der Waals surface area contributed by atoms with Crippen LogP contribution in [0.1, 0.15) is 51.8 Å². The van der Waals surface area contributed by atoms with E-state index in [0.717, 1.165) is 5.56 Å². The standard InChI is InChI=1S/C38H46N6O7/c1-37(2,3)51-36(48)43-38(4,5)35(47)41-30(25-49-24-27-15-9-6-10-16-27)33(45)42-31-23-44(26-40-31)32(28-17-11-7-12-18-28)34(46)39-21-22-50-29-19-13-8-14-20-29/h6-20,23,26,30,32H,21-22,24-25H2,1-5H3,(H,39,46)(H,41,47)(H,42,45)(H,43,48)/t30-,32?/m1/s1. The Kier molecular flexibility index (Phi) is 13.3. The van der Waals surface area contributed by atoms with Gasteiger partial charge in [-0.3, -0.25) is 14.4 Å². The Hall–Kier alpha value is -5.69. The lowest BCUT2D eigenvalue weighted by atomic mass is 10.0. The Balaban J connectivity index is 1.45. The Bertz CT molecular complexity index is 1720. The van der Waals surface area contributed by atoms with Crippen molar-refractivity contribution in [2.45, 2.75) is 64.4 Å². The van der Waals surface area contributed by atoms with E-state index in [1.165, 1.54) is 26.4 Å². The Morgan fingerprint density at radius 1 is 0.824 bits per heavy atom. The van der Waals surface area contributed by atoms with E-state index < -0.39 is 41.1 Å². The fraction of sp³-hybridized carbons (Fsp3) is 0.342. The van der Waals surface area contributed by atoms with Crippen LogP contribution in [0.2, 0.25) is 0 Å². The Morgan fingerprint density at radius 2 is 1.45 bits per heavy atom. The molecule has 0 aliphatic carbocycles. The maximum Gasteiger partial charge on any atom is 0.408 e. The van der Waals surface area contributed by atoms with E-state index >= 15 is 0 Å². The zero-order chi connectivity index (χ0) is 36.9. The van der Waals surface area contributed by atoms with Crippen LogP contribution >= 0.6 is 0 Å². The number of nitrogens with one attached hydrogen (secondary N) is 4. The van der Waals surface area contributed by atoms with E-state index in [1.807, 2.05) is 91.0 Å². The number of amides is 4. The quantitative estimate of drug-likeness (QED) is 0.123. The van der Waals surface area contributed by atoms with Gasteiger partial charge in [-0.05, 0) is 57.9 Å². The molecule has 1 unspecified atom stereocenters. The molecule has 0 aliphatic rings. The molecule has 4 amide bonds. The van der Waals surface area contributed by atoms with Gasteiger partial charge in [-0.2, -0.15) is 0 Å². The monoisotopic (exact) mass is 698 g/mol. The predicted octanol–water partition coefficient (Wildman–Crippen LogP) is 4.61. The van der Waals surface area contributed by atoms with Crippen molar-refractivity contribution in [2.75, 3.05) is 25.1 Å². The van der Waals surface area contributed by atoms with Crippen LogP contribution in [-0.2, 0) is 30.5 Å². The average Bonchev–Trinajstić information content (AvgIpc) is 3.54. The molecule has 270 valence electrons. The molecule has 0 bridgehead atoms. The molecule has 51 heavy (non-hydrogen) atoms. The fourth-order valence-electron chi connectivity index (χ4n) is 4.81. The van der Waals surface area contributed by atoms with E-state index in [0.29, 0.717) is 11.3 Å². The summed E-state index contributed by atoms with van der Waals surface area (Å²) >= 11 is 0. The maximum absolute atomic E-state index is 13.6. The summed E-state index contributed by atoms with van der Waals surface area (Å²) in [5.41, 5.74) is -0.631. The number of carbonyl (C=O) groups excluding carboxylic acids is 4. The minimum atomic E-state index is -1.44. The Morgan fingerprint density at radius 3 is 2.10 bits per heavy atom. The minimum absolute atomic E-state index is 0.148. The second kappa shape index (κ2) is 17.8. The number of aromatic nitrogens is 2. The molecule has 2 atom stereocenters. The van der Waals surface area contributed by atoms with Gasteiger partial charge < -0.3 is 40.0 Å². The molecule has 0 fully saturated rings. The first-order valence-corrected chi connectivity index (χ1v) is 16.6. The summed E-state index contributed by atoms with van der Waals surface area (Å²) in [6.45, 7) is 8.67. The zero-order valence-corrected chi connectivity index (χ0v) is 29.6. The second-order valence-electron chi connectivity index (χ2n) is 13.2. The van der Waals surface area contributed by atoms with Crippen molar-refractivity contribution in [3.05, 3.63) is 115 Å². The molecule has 13 nitrogen and oxygen atoms in total. The normalized spacial score (nSPS) is 12.6. The molecule has 0 saturated heterocycles. The minimum Gasteiger partial charge on any atom is -0.492 e. The summed E-state index contributed by atoms with van der Waals surface area (Å²) in [6.07, 6.45) is 2.20. The number of imidazole rings is 1. The van der Waals surface area contributed by atoms with Gasteiger partial charge in [0, 0.05) is 6.20 Å². The molecule has 1 aromatic heterocycles. The molecule has 0 radical (unpaired) electrons. The number of para-hydroxylation sites is 1. The van der Waals surface area contributed by atoms with Gasteiger partial charge in [-0.15, -0.1) is 0 Å². The van der Waals surface area contributed by atoms with E-state index in [2.05, 4.69) is 26.3 Å². The molecule has 1 heterocycles. The lowest BCUT2D eigenvalue weighted by Crippen LogP contribution is -2.59. The van der Waals surface area contributed by atoms with Crippen molar-refractivity contribution in [1.82, 2.24) is 25.5 Å². The highest BCUT2D eigenvalue weighted by molar-refractivity contribution is 5.98. The molecular weight excluding hydrogens is 652 g/mol. The highest BCUT2D eigenvalue weighted by Crippen LogP contribution is 2.21. The van der Waals surface area contributed by atoms with Gasteiger partial charge in [0.05, 0.1) is 26.1 Å². The van der Waals surface area contributed by atoms with Crippen molar-refractivity contribution in [3.63, 3.8) is 0 Å². The number of rotatable bonds is 16. The van der Waals surface area contributed by atoms with Crippen molar-refractivity contribution in [1.29, 1.82) is 0 Å². The van der Waals surface area contributed by atoms with E-state index in [-0.39, 0.29) is 38.1 Å². The molecule has 4 aromatic rings. The highest BCUT2D eigenvalue weighted by atomic mass is 16.6. The van der Waals surface area contributed by atoms with Gasteiger partial charge in [0.25, 0.3) is 5.91 Å². The number of hydrogen-bond donors (Lipinski definition) is 4. The van der Waals surface area contributed by atoms with Gasteiger partial charge in [0.1, 0.15) is 35.6 Å². The van der Waals surface area contributed by atoms with Gasteiger partial charge >= 0.3 is 6.09 Å². The third-order valence-electron chi connectivity index (χ3n) is 7.33. The van der Waals surface area contributed by atoms with Crippen LogP contribution < -0.4 is 26.0 Å². The number of alkyl carbamates (subject to hydrolysis) is 1. The number of hydrogen-bond acceptors (Lipinski definition) is 8. The molecule has 0 aliphatic heterocycles. The van der Waals surface area contributed by atoms with Crippen molar-refractivity contribution in [2.24, 2.45) is 0 Å². The highest BCUT2D eigenvalue weighted by Gasteiger charge is 2.35. The Labute approximate surface area is 298 Å². The largest absolute Gasteiger partial charge is 0.492 e. The molecular formula is C38H46N6O7. The topological polar surface area (TPSA) is 162 Å². The molecule has 4 N–H and O–H groups in total. The number of benzene rings is 3. The first-order valence-electron chi connectivity index (χ1n) is 16.6. The fourth-order valence-corrected chi connectivity index (χ4v) is 4.81. The molecule has 3 aromatic carbocycles. The molecule has 13 heteroatoms. The smallest absolute Gasteiger partial charge is 0.408 e. The van der Waals surface area contributed by atoms with Crippen LogP contribution in [0.3, 0.4) is 0 Å². The third kappa shape index (κ3) is 12.3. The van der Waals surface area contributed by atoms with Crippen LogP contribution in [0.4, 0.5) is 10.6 Å². The SMILES string of the molecule is CC(C)(C)OC(=O)NC(C)(C)C(=O)N[C@H](COCc1ccccc1)C(=O)Nc1cn(C(C(=O)NCCOc2ccccc2)c2ccccc2)cn1. The average molecular weight is 699 g/mol. The summed E-state index contributed by atoms with van der Waals surface area (Å²) in [5, 5.41) is 10.9. The van der Waals surface area contributed by atoms with Crippen molar-refractivity contribution >= 4 is 29.6 Å². The van der Waals surface area contributed by atoms with Crippen LogP contribution in [0, 0.1) is 0 Å². The van der Waals surface area contributed by atoms with Gasteiger partial charge in [-0.1, -0.05) is 78.9 Å². The van der Waals surface area contributed by atoms with Crippen LogP contribution in [-0.4, -0.2) is 70.3 Å². The van der Waals surface area contributed by atoms with E-state index in [1.54, 1.807) is 25.3 Å². The summed E-state index contributed by atoms with van der Waals surface area (Å²) in [4.78, 5) is 57.3. The number of carbonyl (C=O) groups is 4. The van der Waals surface area contributed by atoms with Gasteiger partial charge in [0.15, 0.2) is 5.82 Å². The van der Waals surface area contributed by atoms with Gasteiger partial charge in [-0.25, -0.2) is 9.78 Å². The van der Waals surface area contributed by atoms with Crippen molar-refractivity contribution in [3.8, 4) is 5.75 Å². The summed E-state index contributed by atoms with van der Waals surface area (Å²) in [6, 6.07) is 25.9. The zero-order valence-electron chi connectivity index (χ0n) is 29.6. The van der Waals surface area contributed by atoms with Crippen LogP contribution in [0.25, 0.3) is 0 Å². The third-order valence-corrected chi connectivity index (χ3v) is 7.33. The first kappa shape index (κ1) is 38.1. The summed E-state index contributed by atoms with van der Waals surface area (Å²) in [5.74, 6) is -0.709. The van der Waals surface area contributed by atoms with E-state index in [9.17, 15) is 19.2 Å².